The minimum Gasteiger partial charge on any atom is -0.855 e. The molecule has 206 valence electrons. The summed E-state index contributed by atoms with van der Waals surface area (Å²) in [5, 5.41) is 35.7. The Bertz CT molecular complexity index is 721. The molecule has 0 radical (unpaired) electrons. The summed E-state index contributed by atoms with van der Waals surface area (Å²) in [5.74, 6) is 0. The normalized spacial score (nSPS) is 11.7. The van der Waals surface area contributed by atoms with Crippen LogP contribution >= 0.6 is 0 Å². The number of hydrogen-bond donors (Lipinski definition) is 2. The third-order valence-electron chi connectivity index (χ3n) is 3.16. The number of nitrogens with one attached hydrogen (secondary N) is 2. The molecule has 2 N–H and O–H groups in total. The van der Waals surface area contributed by atoms with Crippen LogP contribution in [0.4, 0.5) is 5.69 Å². The molecule has 0 heterocycles. The molecule has 35 heavy (non-hydrogen) atoms. The number of rotatable bonds is 6. The minimum absolute atomic E-state index is 0. The summed E-state index contributed by atoms with van der Waals surface area (Å²) in [6, 6.07) is 5.50. The average Bonchev–Trinajstić information content (AvgIpc) is 2.68. The Morgan fingerprint density at radius 3 is 1.54 bits per heavy atom. The van der Waals surface area contributed by atoms with Crippen molar-refractivity contribution in [3.05, 3.63) is 29.3 Å². The van der Waals surface area contributed by atoms with Crippen LogP contribution in [0.5, 0.6) is 0 Å². The number of aryl methyl sites for hydroxylation is 1. The van der Waals surface area contributed by atoms with Crippen molar-refractivity contribution in [2.45, 2.75) is 79.5 Å². The zero-order valence-electron chi connectivity index (χ0n) is 23.0. The van der Waals surface area contributed by atoms with Gasteiger partial charge in [0.2, 0.25) is 10.0 Å². The molecule has 0 spiro atoms. The number of hydrogen-bond acceptors (Lipinski definition) is 7. The Hall–Kier alpha value is -0.366. The predicted octanol–water partition coefficient (Wildman–Crippen LogP) is 0.333. The summed E-state index contributed by atoms with van der Waals surface area (Å²) in [4.78, 5) is 0. The first-order valence-electron chi connectivity index (χ1n) is 11.2. The first-order valence-corrected chi connectivity index (χ1v) is 14.2. The fraction of sp³-hybridized carbons (Fsp3) is 0.739. The van der Waals surface area contributed by atoms with E-state index in [-0.39, 0.29) is 58.9 Å². The molecule has 1 rings (SSSR count). The van der Waals surface area contributed by atoms with Crippen LogP contribution in [0.25, 0.3) is 0 Å². The van der Waals surface area contributed by atoms with E-state index in [4.69, 9.17) is 20.4 Å². The molecule has 0 fully saturated rings. The van der Waals surface area contributed by atoms with Crippen LogP contribution in [-0.4, -0.2) is 50.1 Å². The quantitative estimate of drug-likeness (QED) is 0.462. The van der Waals surface area contributed by atoms with E-state index < -0.39 is 21.0 Å². The van der Waals surface area contributed by atoms with Crippen molar-refractivity contribution in [2.75, 3.05) is 37.4 Å². The summed E-state index contributed by atoms with van der Waals surface area (Å²) in [6.07, 6.45) is 1.92. The molecular weight excluding hydrogens is 528 g/mol. The average molecular weight is 575 g/mol. The molecule has 0 unspecified atom stereocenters. The second-order valence-corrected chi connectivity index (χ2v) is 11.3. The van der Waals surface area contributed by atoms with Gasteiger partial charge in [-0.3, -0.25) is 4.72 Å². The van der Waals surface area contributed by atoms with Crippen molar-refractivity contribution in [3.63, 3.8) is 0 Å². The van der Waals surface area contributed by atoms with Gasteiger partial charge in [-0.1, -0.05) is 46.8 Å². The topological polar surface area (TPSA) is 168 Å². The van der Waals surface area contributed by atoms with Crippen molar-refractivity contribution < 1.29 is 54.8 Å². The maximum atomic E-state index is 12.3. The SMILES string of the molecule is CC[C@@H](N[S@](=O)C(C)(C)C)c1ccc(NS(C)(=O)=O)c(C)c1.CC[O-].CC[O-].CC[O-].CC[O-].[Ti+4]. The smallest absolute Gasteiger partial charge is 0.855 e. The van der Waals surface area contributed by atoms with Gasteiger partial charge in [-0.25, -0.2) is 17.3 Å². The Kier molecular flexibility index (Phi) is 34.0. The van der Waals surface area contributed by atoms with E-state index in [1.165, 1.54) is 0 Å². The third-order valence-corrected chi connectivity index (χ3v) is 5.36. The summed E-state index contributed by atoms with van der Waals surface area (Å²) >= 11 is 0. The van der Waals surface area contributed by atoms with Gasteiger partial charge in [0.1, 0.15) is 0 Å². The third kappa shape index (κ3) is 29.8. The number of benzene rings is 1. The minimum atomic E-state index is -3.29. The van der Waals surface area contributed by atoms with E-state index in [1.54, 1.807) is 33.8 Å². The van der Waals surface area contributed by atoms with Crippen molar-refractivity contribution in [2.24, 2.45) is 0 Å². The second kappa shape index (κ2) is 26.7. The Labute approximate surface area is 231 Å². The van der Waals surface area contributed by atoms with Gasteiger partial charge in [-0.05, 0) is 51.3 Å². The molecule has 0 saturated carbocycles. The Morgan fingerprint density at radius 2 is 1.29 bits per heavy atom. The first-order chi connectivity index (χ1) is 15.6. The maximum Gasteiger partial charge on any atom is 4.00 e. The molecule has 0 amide bonds. The molecule has 0 saturated heterocycles. The van der Waals surface area contributed by atoms with E-state index in [0.29, 0.717) is 5.69 Å². The molecule has 1 aromatic carbocycles. The Balaban J connectivity index is -0.000000194. The van der Waals surface area contributed by atoms with Crippen LogP contribution in [-0.2, 0) is 42.7 Å². The van der Waals surface area contributed by atoms with Crippen LogP contribution in [0.1, 0.15) is 79.0 Å². The van der Waals surface area contributed by atoms with Crippen LogP contribution in [0.3, 0.4) is 0 Å². The monoisotopic (exact) mass is 574 g/mol. The molecule has 0 bridgehead atoms. The molecule has 0 aliphatic carbocycles. The largest absolute Gasteiger partial charge is 4.00 e. The summed E-state index contributed by atoms with van der Waals surface area (Å²) in [5.41, 5.74) is 2.40. The molecule has 0 aliphatic heterocycles. The summed E-state index contributed by atoms with van der Waals surface area (Å²) < 4.78 is 40.2. The van der Waals surface area contributed by atoms with E-state index in [1.807, 2.05) is 46.8 Å². The molecular formula is C23H46N2O7S2Ti. The number of anilines is 1. The maximum absolute atomic E-state index is 12.3. The van der Waals surface area contributed by atoms with Crippen molar-refractivity contribution in [1.29, 1.82) is 0 Å². The van der Waals surface area contributed by atoms with Crippen LogP contribution < -0.4 is 29.9 Å². The fourth-order valence-electron chi connectivity index (χ4n) is 1.91. The Morgan fingerprint density at radius 1 is 0.914 bits per heavy atom. The van der Waals surface area contributed by atoms with Crippen LogP contribution in [0, 0.1) is 6.92 Å². The number of sulfonamides is 1. The zero-order valence-corrected chi connectivity index (χ0v) is 26.2. The van der Waals surface area contributed by atoms with Gasteiger partial charge in [-0.15, -0.1) is 26.4 Å². The van der Waals surface area contributed by atoms with Crippen molar-refractivity contribution in [3.8, 4) is 0 Å². The molecule has 0 aromatic heterocycles. The van der Waals surface area contributed by atoms with Crippen LogP contribution in [0.15, 0.2) is 18.2 Å². The van der Waals surface area contributed by atoms with Gasteiger partial charge < -0.3 is 20.4 Å². The van der Waals surface area contributed by atoms with Gasteiger partial charge in [0, 0.05) is 6.04 Å². The van der Waals surface area contributed by atoms with Gasteiger partial charge in [0.15, 0.2) is 0 Å². The molecule has 0 aliphatic rings. The standard InChI is InChI=1S/C15H26N2O3S2.4C2H5O.Ti/c1-7-13(16-21(18)15(3,4)5)12-8-9-14(11(2)10-12)17-22(6,19)20;4*1-2-3;/h8-10,13,16-17H,7H2,1-6H3;4*2H2,1H3;/q;4*-1;+4/t13-,21-;;;;;/m1...../s1. The molecule has 12 heteroatoms. The summed E-state index contributed by atoms with van der Waals surface area (Å²) in [7, 11) is -4.45. The van der Waals surface area contributed by atoms with E-state index in [9.17, 15) is 12.6 Å². The van der Waals surface area contributed by atoms with Crippen LogP contribution in [0.2, 0.25) is 0 Å². The van der Waals surface area contributed by atoms with Gasteiger partial charge in [0.05, 0.1) is 27.7 Å². The zero-order chi connectivity index (χ0) is 28.0. The summed E-state index contributed by atoms with van der Waals surface area (Å²) in [6.45, 7) is 15.9. The van der Waals surface area contributed by atoms with Crippen molar-refractivity contribution in [1.82, 2.24) is 4.72 Å². The molecule has 9 nitrogen and oxygen atoms in total. The fourth-order valence-corrected chi connectivity index (χ4v) is 3.45. The second-order valence-electron chi connectivity index (χ2n) is 7.56. The van der Waals surface area contributed by atoms with Gasteiger partial charge >= 0.3 is 21.7 Å². The van der Waals surface area contributed by atoms with Gasteiger partial charge in [0.25, 0.3) is 0 Å². The van der Waals surface area contributed by atoms with Crippen molar-refractivity contribution >= 4 is 26.7 Å². The predicted molar refractivity (Wildman–Crippen MR) is 136 cm³/mol. The van der Waals surface area contributed by atoms with E-state index in [0.717, 1.165) is 23.8 Å². The van der Waals surface area contributed by atoms with E-state index in [2.05, 4.69) is 9.44 Å². The molecule has 1 aromatic rings. The first kappa shape index (κ1) is 44.6. The molecule has 2 atom stereocenters. The van der Waals surface area contributed by atoms with E-state index >= 15 is 0 Å². The van der Waals surface area contributed by atoms with Gasteiger partial charge in [-0.2, -0.15) is 0 Å².